The van der Waals surface area contributed by atoms with Crippen LogP contribution < -0.4 is 5.56 Å². The van der Waals surface area contributed by atoms with Crippen LogP contribution in [0.2, 0.25) is 0 Å². The molecule has 1 aliphatic heterocycles. The molecule has 1 atom stereocenters. The third kappa shape index (κ3) is 2.79. The second kappa shape index (κ2) is 5.41. The van der Waals surface area contributed by atoms with Crippen molar-refractivity contribution < 1.29 is 4.74 Å². The Labute approximate surface area is 122 Å². The largest absolute Gasteiger partial charge is 0.370 e. The van der Waals surface area contributed by atoms with Crippen molar-refractivity contribution in [2.45, 2.75) is 63.2 Å². The molecule has 0 N–H and O–H groups in total. The van der Waals surface area contributed by atoms with Crippen molar-refractivity contribution in [2.75, 3.05) is 0 Å². The predicted octanol–water partition coefficient (Wildman–Crippen LogP) is 3.49. The summed E-state index contributed by atoms with van der Waals surface area (Å²) in [5, 5.41) is 0. The monoisotopic (exact) mass is 325 g/mol. The second-order valence-corrected chi connectivity index (χ2v) is 6.69. The fraction of sp³-hybridized carbons (Fsp3) is 0.667. The molecule has 2 aliphatic rings. The lowest BCUT2D eigenvalue weighted by Crippen LogP contribution is -2.33. The van der Waals surface area contributed by atoms with Crippen LogP contribution in [0.1, 0.15) is 44.9 Å². The van der Waals surface area contributed by atoms with E-state index in [1.165, 1.54) is 38.5 Å². The van der Waals surface area contributed by atoms with Gasteiger partial charge >= 0.3 is 0 Å². The van der Waals surface area contributed by atoms with E-state index in [0.29, 0.717) is 11.0 Å². The molecule has 4 heteroatoms. The van der Waals surface area contributed by atoms with E-state index >= 15 is 0 Å². The minimum absolute atomic E-state index is 0.0377. The van der Waals surface area contributed by atoms with Crippen molar-refractivity contribution in [1.29, 1.82) is 0 Å². The molecule has 2 heterocycles. The molecule has 1 aromatic rings. The number of halogens is 1. The maximum absolute atomic E-state index is 12.0. The Kier molecular flexibility index (Phi) is 3.81. The Bertz CT molecular complexity index is 505. The highest BCUT2D eigenvalue weighted by Crippen LogP contribution is 2.42. The molecule has 19 heavy (non-hydrogen) atoms. The number of ether oxygens (including phenoxy) is 1. The van der Waals surface area contributed by atoms with Crippen LogP contribution in [0.5, 0.6) is 0 Å². The lowest BCUT2D eigenvalue weighted by atomic mass is 9.83. The van der Waals surface area contributed by atoms with Gasteiger partial charge in [-0.2, -0.15) is 0 Å². The number of rotatable bonds is 2. The van der Waals surface area contributed by atoms with E-state index in [1.54, 1.807) is 10.6 Å². The summed E-state index contributed by atoms with van der Waals surface area (Å²) in [6.07, 6.45) is 10.6. The van der Waals surface area contributed by atoms with E-state index in [0.717, 1.165) is 6.42 Å². The second-order valence-electron chi connectivity index (χ2n) is 5.84. The van der Waals surface area contributed by atoms with E-state index in [1.807, 2.05) is 12.3 Å². The molecule has 2 fully saturated rings. The summed E-state index contributed by atoms with van der Waals surface area (Å²) in [4.78, 5) is 12.0. The Hall–Kier alpha value is -0.610. The van der Waals surface area contributed by atoms with Gasteiger partial charge in [-0.3, -0.25) is 4.79 Å². The van der Waals surface area contributed by atoms with Crippen molar-refractivity contribution in [3.63, 3.8) is 0 Å². The van der Waals surface area contributed by atoms with Gasteiger partial charge in [-0.25, -0.2) is 0 Å². The highest BCUT2D eigenvalue weighted by molar-refractivity contribution is 9.10. The Morgan fingerprint density at radius 1 is 1.32 bits per heavy atom. The number of aromatic nitrogens is 1. The van der Waals surface area contributed by atoms with Gasteiger partial charge in [0, 0.05) is 6.20 Å². The lowest BCUT2D eigenvalue weighted by molar-refractivity contribution is -0.0682. The van der Waals surface area contributed by atoms with E-state index in [2.05, 4.69) is 15.9 Å². The molecule has 0 aromatic carbocycles. The van der Waals surface area contributed by atoms with Crippen LogP contribution in [-0.4, -0.2) is 16.3 Å². The topological polar surface area (TPSA) is 31.2 Å². The first kappa shape index (κ1) is 13.4. The Morgan fingerprint density at radius 2 is 2.11 bits per heavy atom. The molecule has 104 valence electrons. The third-order valence-corrected chi connectivity index (χ3v) is 5.08. The van der Waals surface area contributed by atoms with Gasteiger partial charge in [0.25, 0.3) is 5.56 Å². The summed E-state index contributed by atoms with van der Waals surface area (Å²) in [5.74, 6) is 0. The van der Waals surface area contributed by atoms with Gasteiger partial charge in [-0.15, -0.1) is 0 Å². The highest BCUT2D eigenvalue weighted by atomic mass is 79.9. The first-order valence-electron chi connectivity index (χ1n) is 7.21. The molecule has 1 spiro atoms. The summed E-state index contributed by atoms with van der Waals surface area (Å²) in [6.45, 7) is 0.681. The summed E-state index contributed by atoms with van der Waals surface area (Å²) in [7, 11) is 0. The zero-order chi connectivity index (χ0) is 13.3. The van der Waals surface area contributed by atoms with Gasteiger partial charge in [0.05, 0.1) is 22.7 Å². The zero-order valence-corrected chi connectivity index (χ0v) is 12.7. The first-order chi connectivity index (χ1) is 9.19. The third-order valence-electron chi connectivity index (χ3n) is 4.48. The van der Waals surface area contributed by atoms with Crippen molar-refractivity contribution in [3.8, 4) is 0 Å². The number of hydrogen-bond acceptors (Lipinski definition) is 2. The van der Waals surface area contributed by atoms with E-state index in [4.69, 9.17) is 4.74 Å². The zero-order valence-electron chi connectivity index (χ0n) is 11.1. The van der Waals surface area contributed by atoms with Crippen LogP contribution in [0.3, 0.4) is 0 Å². The molecule has 0 bridgehead atoms. The van der Waals surface area contributed by atoms with Crippen LogP contribution in [0, 0.1) is 0 Å². The summed E-state index contributed by atoms with van der Waals surface area (Å²) in [5.41, 5.74) is 0.175. The van der Waals surface area contributed by atoms with Gasteiger partial charge in [0.15, 0.2) is 0 Å². The van der Waals surface area contributed by atoms with E-state index in [-0.39, 0.29) is 17.3 Å². The molecule has 1 saturated carbocycles. The number of hydrogen-bond donors (Lipinski definition) is 0. The molecule has 1 aliphatic carbocycles. The smallest absolute Gasteiger partial charge is 0.264 e. The molecule has 1 saturated heterocycles. The quantitative estimate of drug-likeness (QED) is 0.833. The van der Waals surface area contributed by atoms with Gasteiger partial charge in [0.1, 0.15) is 0 Å². The molecular formula is C15H20BrNO2. The average Bonchev–Trinajstić information content (AvgIpc) is 2.79. The Balaban J connectivity index is 1.69. The van der Waals surface area contributed by atoms with Crippen LogP contribution in [0.25, 0.3) is 0 Å². The normalized spacial score (nSPS) is 25.8. The minimum atomic E-state index is 0.0377. The van der Waals surface area contributed by atoms with Gasteiger partial charge in [0.2, 0.25) is 0 Å². The van der Waals surface area contributed by atoms with Crippen LogP contribution >= 0.6 is 15.9 Å². The van der Waals surface area contributed by atoms with Gasteiger partial charge in [-0.05, 0) is 53.7 Å². The standard InChI is InChI=1S/C15H20BrNO2/c16-13-5-4-10-17(14(13)18)11-12-6-9-15(19-12)7-2-1-3-8-15/h4-5,10,12H,1-3,6-9,11H2. The fourth-order valence-corrected chi connectivity index (χ4v) is 3.84. The fourth-order valence-electron chi connectivity index (χ4n) is 3.46. The maximum Gasteiger partial charge on any atom is 0.264 e. The number of pyridine rings is 1. The Morgan fingerprint density at radius 3 is 2.89 bits per heavy atom. The van der Waals surface area contributed by atoms with E-state index in [9.17, 15) is 4.79 Å². The minimum Gasteiger partial charge on any atom is -0.370 e. The number of nitrogens with zero attached hydrogens (tertiary/aromatic N) is 1. The SMILES string of the molecule is O=c1c(Br)cccn1CC1CCC2(CCCCC2)O1. The summed E-state index contributed by atoms with van der Waals surface area (Å²) < 4.78 is 8.70. The van der Waals surface area contributed by atoms with Crippen LogP contribution in [0.15, 0.2) is 27.6 Å². The van der Waals surface area contributed by atoms with Crippen LogP contribution in [-0.2, 0) is 11.3 Å². The van der Waals surface area contributed by atoms with Crippen molar-refractivity contribution in [2.24, 2.45) is 0 Å². The van der Waals surface area contributed by atoms with Gasteiger partial charge < -0.3 is 9.30 Å². The summed E-state index contributed by atoms with van der Waals surface area (Å²) in [6, 6.07) is 3.69. The van der Waals surface area contributed by atoms with Crippen molar-refractivity contribution >= 4 is 15.9 Å². The van der Waals surface area contributed by atoms with Gasteiger partial charge in [-0.1, -0.05) is 19.3 Å². The molecule has 0 amide bonds. The molecule has 3 nitrogen and oxygen atoms in total. The predicted molar refractivity (Wildman–Crippen MR) is 78.3 cm³/mol. The average molecular weight is 326 g/mol. The highest BCUT2D eigenvalue weighted by Gasteiger charge is 2.40. The molecular weight excluding hydrogens is 306 g/mol. The van der Waals surface area contributed by atoms with Crippen LogP contribution in [0.4, 0.5) is 0 Å². The molecule has 1 aromatic heterocycles. The summed E-state index contributed by atoms with van der Waals surface area (Å²) >= 11 is 3.29. The maximum atomic E-state index is 12.0. The van der Waals surface area contributed by atoms with Crippen molar-refractivity contribution in [1.82, 2.24) is 4.57 Å². The van der Waals surface area contributed by atoms with E-state index < -0.39 is 0 Å². The molecule has 0 radical (unpaired) electrons. The molecule has 1 unspecified atom stereocenters. The van der Waals surface area contributed by atoms with Crippen molar-refractivity contribution in [3.05, 3.63) is 33.2 Å². The lowest BCUT2D eigenvalue weighted by Gasteiger charge is -2.33. The molecule has 3 rings (SSSR count). The first-order valence-corrected chi connectivity index (χ1v) is 8.01.